The average Bonchev–Trinajstić information content (AvgIpc) is 2.67. The molecule has 0 amide bonds. The first-order chi connectivity index (χ1) is 6.74. The van der Waals surface area contributed by atoms with Crippen LogP contribution in [0.4, 0.5) is 0 Å². The van der Waals surface area contributed by atoms with Gasteiger partial charge in [0.2, 0.25) is 0 Å². The van der Waals surface area contributed by atoms with Gasteiger partial charge in [0.15, 0.2) is 0 Å². The van der Waals surface area contributed by atoms with Crippen LogP contribution in [0.3, 0.4) is 0 Å². The molecule has 0 aromatic rings. The zero-order valence-electron chi connectivity index (χ0n) is 9.88. The third kappa shape index (κ3) is 3.97. The van der Waals surface area contributed by atoms with Crippen molar-refractivity contribution >= 4 is 0 Å². The lowest BCUT2D eigenvalue weighted by molar-refractivity contribution is 0.0225. The Morgan fingerprint density at radius 3 is 2.50 bits per heavy atom. The molecule has 0 radical (unpaired) electrons. The fourth-order valence-electron chi connectivity index (χ4n) is 2.10. The smallest absolute Gasteiger partial charge is 0.0697 e. The summed E-state index contributed by atoms with van der Waals surface area (Å²) in [5.41, 5.74) is 0. The Kier molecular flexibility index (Phi) is 5.49. The molecule has 0 heterocycles. The minimum absolute atomic E-state index is 0.343. The number of hydrogen-bond donors (Lipinski definition) is 1. The van der Waals surface area contributed by atoms with Crippen LogP contribution in [0, 0.1) is 5.92 Å². The highest BCUT2D eigenvalue weighted by atomic mass is 16.5. The SMILES string of the molecule is CCNC(C)C(C)OCC1CCCC1. The monoisotopic (exact) mass is 199 g/mol. The molecule has 0 saturated heterocycles. The van der Waals surface area contributed by atoms with Crippen molar-refractivity contribution in [2.45, 2.75) is 58.6 Å². The second-order valence-electron chi connectivity index (χ2n) is 4.54. The number of nitrogens with one attached hydrogen (secondary N) is 1. The molecule has 2 unspecified atom stereocenters. The molecule has 0 aliphatic heterocycles. The van der Waals surface area contributed by atoms with Gasteiger partial charge in [-0.2, -0.15) is 0 Å². The molecule has 0 spiro atoms. The van der Waals surface area contributed by atoms with Gasteiger partial charge in [0, 0.05) is 12.6 Å². The lowest BCUT2D eigenvalue weighted by Gasteiger charge is -2.22. The van der Waals surface area contributed by atoms with Gasteiger partial charge in [-0.15, -0.1) is 0 Å². The van der Waals surface area contributed by atoms with Crippen LogP contribution in [0.25, 0.3) is 0 Å². The Balaban J connectivity index is 2.09. The van der Waals surface area contributed by atoms with E-state index in [2.05, 4.69) is 26.1 Å². The number of ether oxygens (including phenoxy) is 1. The van der Waals surface area contributed by atoms with Crippen LogP contribution < -0.4 is 5.32 Å². The predicted molar refractivity (Wildman–Crippen MR) is 60.5 cm³/mol. The van der Waals surface area contributed by atoms with Crippen LogP contribution >= 0.6 is 0 Å². The molecule has 1 fully saturated rings. The van der Waals surface area contributed by atoms with Crippen LogP contribution in [-0.4, -0.2) is 25.3 Å². The van der Waals surface area contributed by atoms with Gasteiger partial charge < -0.3 is 10.1 Å². The second kappa shape index (κ2) is 6.41. The maximum atomic E-state index is 5.88. The normalized spacial score (nSPS) is 22.5. The van der Waals surface area contributed by atoms with E-state index in [1.165, 1.54) is 25.7 Å². The van der Waals surface area contributed by atoms with Gasteiger partial charge in [-0.3, -0.25) is 0 Å². The Morgan fingerprint density at radius 1 is 1.29 bits per heavy atom. The first kappa shape index (κ1) is 12.0. The predicted octanol–water partition coefficient (Wildman–Crippen LogP) is 2.58. The lowest BCUT2D eigenvalue weighted by Crippen LogP contribution is -2.37. The van der Waals surface area contributed by atoms with Crippen molar-refractivity contribution in [2.24, 2.45) is 5.92 Å². The topological polar surface area (TPSA) is 21.3 Å². The minimum atomic E-state index is 0.343. The molecule has 1 saturated carbocycles. The van der Waals surface area contributed by atoms with E-state index in [-0.39, 0.29) is 0 Å². The molecular formula is C12H25NO. The van der Waals surface area contributed by atoms with Crippen LogP contribution in [0.15, 0.2) is 0 Å². The summed E-state index contributed by atoms with van der Waals surface area (Å²) in [5, 5.41) is 3.40. The molecule has 2 nitrogen and oxygen atoms in total. The molecule has 1 N–H and O–H groups in total. The standard InChI is InChI=1S/C12H25NO/c1-4-13-10(2)11(3)14-9-12-7-5-6-8-12/h10-13H,4-9H2,1-3H3. The number of likely N-dealkylation sites (N-methyl/N-ethyl adjacent to an activating group) is 1. The van der Waals surface area contributed by atoms with E-state index in [1.54, 1.807) is 0 Å². The Hall–Kier alpha value is -0.0800. The summed E-state index contributed by atoms with van der Waals surface area (Å²) in [6, 6.07) is 0.474. The van der Waals surface area contributed by atoms with Crippen molar-refractivity contribution in [2.75, 3.05) is 13.2 Å². The molecule has 0 aromatic heterocycles. The van der Waals surface area contributed by atoms with Crippen molar-refractivity contribution in [3.63, 3.8) is 0 Å². The van der Waals surface area contributed by atoms with Crippen molar-refractivity contribution in [3.05, 3.63) is 0 Å². The molecule has 1 aliphatic rings. The minimum Gasteiger partial charge on any atom is -0.377 e. The molecule has 2 heteroatoms. The first-order valence-electron chi connectivity index (χ1n) is 6.09. The number of hydrogen-bond acceptors (Lipinski definition) is 2. The van der Waals surface area contributed by atoms with Crippen LogP contribution in [-0.2, 0) is 4.74 Å². The molecule has 0 aromatic carbocycles. The van der Waals surface area contributed by atoms with Gasteiger partial charge in [-0.25, -0.2) is 0 Å². The Morgan fingerprint density at radius 2 is 1.93 bits per heavy atom. The van der Waals surface area contributed by atoms with E-state index in [1.807, 2.05) is 0 Å². The van der Waals surface area contributed by atoms with E-state index in [0.717, 1.165) is 19.1 Å². The fraction of sp³-hybridized carbons (Fsp3) is 1.00. The summed E-state index contributed by atoms with van der Waals surface area (Å²) in [6.45, 7) is 8.50. The van der Waals surface area contributed by atoms with Gasteiger partial charge in [0.1, 0.15) is 0 Å². The van der Waals surface area contributed by atoms with Gasteiger partial charge in [0.05, 0.1) is 6.10 Å². The van der Waals surface area contributed by atoms with E-state index < -0.39 is 0 Å². The second-order valence-corrected chi connectivity index (χ2v) is 4.54. The molecule has 1 rings (SSSR count). The van der Waals surface area contributed by atoms with Crippen molar-refractivity contribution < 1.29 is 4.74 Å². The first-order valence-corrected chi connectivity index (χ1v) is 6.09. The maximum Gasteiger partial charge on any atom is 0.0697 e. The molecular weight excluding hydrogens is 174 g/mol. The van der Waals surface area contributed by atoms with Gasteiger partial charge >= 0.3 is 0 Å². The van der Waals surface area contributed by atoms with Gasteiger partial charge in [-0.05, 0) is 39.2 Å². The lowest BCUT2D eigenvalue weighted by atomic mass is 10.1. The Labute approximate surface area is 88.4 Å². The summed E-state index contributed by atoms with van der Waals surface area (Å²) in [5.74, 6) is 0.839. The maximum absolute atomic E-state index is 5.88. The highest BCUT2D eigenvalue weighted by molar-refractivity contribution is 4.70. The van der Waals surface area contributed by atoms with E-state index in [4.69, 9.17) is 4.74 Å². The molecule has 1 aliphatic carbocycles. The summed E-state index contributed by atoms with van der Waals surface area (Å²) in [4.78, 5) is 0. The third-order valence-corrected chi connectivity index (χ3v) is 3.30. The van der Waals surface area contributed by atoms with E-state index in [0.29, 0.717) is 12.1 Å². The van der Waals surface area contributed by atoms with Crippen molar-refractivity contribution in [3.8, 4) is 0 Å². The van der Waals surface area contributed by atoms with E-state index >= 15 is 0 Å². The summed E-state index contributed by atoms with van der Waals surface area (Å²) in [7, 11) is 0. The number of rotatable bonds is 6. The van der Waals surface area contributed by atoms with Crippen LogP contribution in [0.1, 0.15) is 46.5 Å². The van der Waals surface area contributed by atoms with Crippen LogP contribution in [0.5, 0.6) is 0 Å². The highest BCUT2D eigenvalue weighted by Crippen LogP contribution is 2.25. The van der Waals surface area contributed by atoms with Crippen molar-refractivity contribution in [1.29, 1.82) is 0 Å². The average molecular weight is 199 g/mol. The summed E-state index contributed by atoms with van der Waals surface area (Å²) < 4.78 is 5.88. The van der Waals surface area contributed by atoms with Crippen molar-refractivity contribution in [1.82, 2.24) is 5.32 Å². The highest BCUT2D eigenvalue weighted by Gasteiger charge is 2.18. The Bertz CT molecular complexity index is 143. The molecule has 84 valence electrons. The molecule has 14 heavy (non-hydrogen) atoms. The van der Waals surface area contributed by atoms with Crippen LogP contribution in [0.2, 0.25) is 0 Å². The zero-order chi connectivity index (χ0) is 10.4. The summed E-state index contributed by atoms with van der Waals surface area (Å²) in [6.07, 6.45) is 5.91. The largest absolute Gasteiger partial charge is 0.377 e. The third-order valence-electron chi connectivity index (χ3n) is 3.30. The van der Waals surface area contributed by atoms with Gasteiger partial charge in [-0.1, -0.05) is 19.8 Å². The molecule has 2 atom stereocenters. The summed E-state index contributed by atoms with van der Waals surface area (Å²) >= 11 is 0. The van der Waals surface area contributed by atoms with E-state index in [9.17, 15) is 0 Å². The molecule has 0 bridgehead atoms. The van der Waals surface area contributed by atoms with Gasteiger partial charge in [0.25, 0.3) is 0 Å². The zero-order valence-corrected chi connectivity index (χ0v) is 9.88. The fourth-order valence-corrected chi connectivity index (χ4v) is 2.10. The quantitative estimate of drug-likeness (QED) is 0.710.